The van der Waals surface area contributed by atoms with E-state index in [9.17, 15) is 13.2 Å². The molecule has 1 heterocycles. The molecule has 0 spiro atoms. The summed E-state index contributed by atoms with van der Waals surface area (Å²) in [7, 11) is 0. The Bertz CT molecular complexity index is 658. The summed E-state index contributed by atoms with van der Waals surface area (Å²) in [5.74, 6) is -0.422. The molecule has 0 amide bonds. The van der Waals surface area contributed by atoms with Crippen LogP contribution in [0.2, 0.25) is 0 Å². The predicted octanol–water partition coefficient (Wildman–Crippen LogP) is 4.15. The molecule has 0 unspecified atom stereocenters. The Morgan fingerprint density at radius 1 is 1.24 bits per heavy atom. The molecular weight excluding hydrogens is 349 g/mol. The summed E-state index contributed by atoms with van der Waals surface area (Å²) in [6.07, 6.45) is -3.85. The molecule has 0 aliphatic heterocycles. The lowest BCUT2D eigenvalue weighted by Gasteiger charge is -2.13. The highest BCUT2D eigenvalue weighted by Gasteiger charge is 2.33. The molecule has 2 rings (SSSR count). The largest absolute Gasteiger partial charge is 0.433 e. The van der Waals surface area contributed by atoms with Gasteiger partial charge in [-0.15, -0.1) is 0 Å². The standard InChI is InChI=1S/C13H12BrF3N4/c1-2-7-5-8(14)3-4-9(7)19-11-6-10(13(15,16)17)20-12(18)21-11/h3-6H,2H2,1H3,(H3,18,19,20,21). The number of nitrogens with two attached hydrogens (primary N) is 1. The number of nitrogen functional groups attached to an aromatic ring is 1. The number of hydrogen-bond donors (Lipinski definition) is 2. The molecule has 1 aromatic heterocycles. The fourth-order valence-electron chi connectivity index (χ4n) is 1.79. The number of nitrogens with one attached hydrogen (secondary N) is 1. The van der Waals surface area contributed by atoms with Crippen molar-refractivity contribution in [3.8, 4) is 0 Å². The van der Waals surface area contributed by atoms with Gasteiger partial charge in [-0.1, -0.05) is 22.9 Å². The van der Waals surface area contributed by atoms with Gasteiger partial charge in [0.15, 0.2) is 5.69 Å². The van der Waals surface area contributed by atoms with Gasteiger partial charge >= 0.3 is 6.18 Å². The molecule has 0 radical (unpaired) electrons. The Hall–Kier alpha value is -1.83. The summed E-state index contributed by atoms with van der Waals surface area (Å²) in [5.41, 5.74) is 5.87. The van der Waals surface area contributed by atoms with Crippen LogP contribution in [0.4, 0.5) is 30.6 Å². The molecule has 2 aromatic rings. The van der Waals surface area contributed by atoms with Gasteiger partial charge in [0.05, 0.1) is 0 Å². The molecule has 0 saturated carbocycles. The fraction of sp³-hybridized carbons (Fsp3) is 0.231. The molecule has 21 heavy (non-hydrogen) atoms. The summed E-state index contributed by atoms with van der Waals surface area (Å²) in [5, 5.41) is 2.85. The van der Waals surface area contributed by atoms with E-state index in [2.05, 4.69) is 31.2 Å². The Labute approximate surface area is 127 Å². The zero-order valence-corrected chi connectivity index (χ0v) is 12.6. The van der Waals surface area contributed by atoms with Gasteiger partial charge in [0.1, 0.15) is 5.82 Å². The number of alkyl halides is 3. The van der Waals surface area contributed by atoms with Gasteiger partial charge in [-0.3, -0.25) is 0 Å². The minimum Gasteiger partial charge on any atom is -0.368 e. The van der Waals surface area contributed by atoms with Gasteiger partial charge in [-0.05, 0) is 30.2 Å². The van der Waals surface area contributed by atoms with Crippen molar-refractivity contribution < 1.29 is 13.2 Å². The average Bonchev–Trinajstić information content (AvgIpc) is 2.39. The van der Waals surface area contributed by atoms with Crippen molar-refractivity contribution in [2.75, 3.05) is 11.1 Å². The van der Waals surface area contributed by atoms with E-state index in [1.807, 2.05) is 13.0 Å². The second-order valence-corrected chi connectivity index (χ2v) is 5.19. The first-order valence-electron chi connectivity index (χ1n) is 6.07. The summed E-state index contributed by atoms with van der Waals surface area (Å²) in [6, 6.07) is 6.26. The van der Waals surface area contributed by atoms with E-state index in [0.717, 1.165) is 16.1 Å². The summed E-state index contributed by atoms with van der Waals surface area (Å²) in [6.45, 7) is 1.95. The number of hydrogen-bond acceptors (Lipinski definition) is 4. The van der Waals surface area contributed by atoms with Gasteiger partial charge in [0, 0.05) is 16.2 Å². The second kappa shape index (κ2) is 5.88. The SMILES string of the molecule is CCc1cc(Br)ccc1Nc1cc(C(F)(F)F)nc(N)n1. The smallest absolute Gasteiger partial charge is 0.368 e. The minimum absolute atomic E-state index is 0.00634. The molecule has 0 aliphatic carbocycles. The van der Waals surface area contributed by atoms with Crippen LogP contribution in [0.15, 0.2) is 28.7 Å². The molecule has 0 fully saturated rings. The van der Waals surface area contributed by atoms with Crippen molar-refractivity contribution in [1.82, 2.24) is 9.97 Å². The predicted molar refractivity (Wildman–Crippen MR) is 78.2 cm³/mol. The number of rotatable bonds is 3. The van der Waals surface area contributed by atoms with E-state index >= 15 is 0 Å². The minimum atomic E-state index is -4.57. The third kappa shape index (κ3) is 3.84. The maximum absolute atomic E-state index is 12.7. The van der Waals surface area contributed by atoms with Crippen LogP contribution in [0.25, 0.3) is 0 Å². The van der Waals surface area contributed by atoms with Crippen LogP contribution in [0.3, 0.4) is 0 Å². The average molecular weight is 361 g/mol. The van der Waals surface area contributed by atoms with Crippen LogP contribution in [-0.4, -0.2) is 9.97 Å². The molecule has 0 saturated heterocycles. The first-order chi connectivity index (χ1) is 9.79. The maximum Gasteiger partial charge on any atom is 0.433 e. The monoisotopic (exact) mass is 360 g/mol. The third-order valence-corrected chi connectivity index (χ3v) is 3.24. The molecular formula is C13H12BrF3N4. The topological polar surface area (TPSA) is 63.8 Å². The maximum atomic E-state index is 12.7. The van der Waals surface area contributed by atoms with Crippen molar-refractivity contribution in [3.05, 3.63) is 40.0 Å². The van der Waals surface area contributed by atoms with Crippen molar-refractivity contribution in [2.45, 2.75) is 19.5 Å². The van der Waals surface area contributed by atoms with Gasteiger partial charge in [0.2, 0.25) is 5.95 Å². The van der Waals surface area contributed by atoms with Crippen LogP contribution in [-0.2, 0) is 12.6 Å². The van der Waals surface area contributed by atoms with E-state index in [4.69, 9.17) is 5.73 Å². The molecule has 1 aromatic carbocycles. The molecule has 0 bridgehead atoms. The van der Waals surface area contributed by atoms with Crippen LogP contribution in [0.5, 0.6) is 0 Å². The molecule has 112 valence electrons. The summed E-state index contributed by atoms with van der Waals surface area (Å²) in [4.78, 5) is 6.98. The Morgan fingerprint density at radius 2 is 1.95 bits per heavy atom. The Morgan fingerprint density at radius 3 is 2.57 bits per heavy atom. The van der Waals surface area contributed by atoms with E-state index < -0.39 is 17.8 Å². The highest BCUT2D eigenvalue weighted by Crippen LogP contribution is 2.31. The number of benzene rings is 1. The zero-order valence-electron chi connectivity index (χ0n) is 11.0. The molecule has 4 nitrogen and oxygen atoms in total. The number of anilines is 3. The normalized spacial score (nSPS) is 11.5. The summed E-state index contributed by atoms with van der Waals surface area (Å²) >= 11 is 3.35. The van der Waals surface area contributed by atoms with Gasteiger partial charge in [0.25, 0.3) is 0 Å². The number of aromatic nitrogens is 2. The number of halogens is 4. The Balaban J connectivity index is 2.38. The highest BCUT2D eigenvalue weighted by atomic mass is 79.9. The molecule has 3 N–H and O–H groups in total. The lowest BCUT2D eigenvalue weighted by Crippen LogP contribution is -2.12. The van der Waals surface area contributed by atoms with Crippen molar-refractivity contribution in [1.29, 1.82) is 0 Å². The van der Waals surface area contributed by atoms with Crippen molar-refractivity contribution >= 4 is 33.4 Å². The van der Waals surface area contributed by atoms with Crippen LogP contribution in [0.1, 0.15) is 18.2 Å². The third-order valence-electron chi connectivity index (χ3n) is 2.74. The van der Waals surface area contributed by atoms with Gasteiger partial charge in [-0.25, -0.2) is 4.98 Å². The number of nitrogens with zero attached hydrogens (tertiary/aromatic N) is 2. The van der Waals surface area contributed by atoms with E-state index in [1.54, 1.807) is 12.1 Å². The van der Waals surface area contributed by atoms with Gasteiger partial charge in [-0.2, -0.15) is 18.2 Å². The quantitative estimate of drug-likeness (QED) is 0.862. The highest BCUT2D eigenvalue weighted by molar-refractivity contribution is 9.10. The van der Waals surface area contributed by atoms with Crippen molar-refractivity contribution in [2.24, 2.45) is 0 Å². The second-order valence-electron chi connectivity index (χ2n) is 4.27. The van der Waals surface area contributed by atoms with E-state index in [0.29, 0.717) is 12.1 Å². The fourth-order valence-corrected chi connectivity index (χ4v) is 2.20. The molecule has 8 heteroatoms. The first-order valence-corrected chi connectivity index (χ1v) is 6.86. The van der Waals surface area contributed by atoms with Crippen LogP contribution < -0.4 is 11.1 Å². The van der Waals surface area contributed by atoms with Crippen LogP contribution >= 0.6 is 15.9 Å². The summed E-state index contributed by atoms with van der Waals surface area (Å²) < 4.78 is 39.0. The molecule has 0 atom stereocenters. The lowest BCUT2D eigenvalue weighted by atomic mass is 10.1. The van der Waals surface area contributed by atoms with Gasteiger partial charge < -0.3 is 11.1 Å². The molecule has 0 aliphatic rings. The van der Waals surface area contributed by atoms with E-state index in [-0.39, 0.29) is 5.82 Å². The Kier molecular flexibility index (Phi) is 4.36. The van der Waals surface area contributed by atoms with Crippen LogP contribution in [0, 0.1) is 0 Å². The number of aryl methyl sites for hydroxylation is 1. The van der Waals surface area contributed by atoms with Crippen molar-refractivity contribution in [3.63, 3.8) is 0 Å². The lowest BCUT2D eigenvalue weighted by molar-refractivity contribution is -0.141. The zero-order chi connectivity index (χ0) is 15.6. The first kappa shape index (κ1) is 15.6. The van der Waals surface area contributed by atoms with E-state index in [1.165, 1.54) is 0 Å².